The highest BCUT2D eigenvalue weighted by atomic mass is 32.1. The van der Waals surface area contributed by atoms with Crippen LogP contribution < -0.4 is 10.9 Å². The molecular formula is C15H21N3OS. The van der Waals surface area contributed by atoms with Crippen molar-refractivity contribution in [3.63, 3.8) is 0 Å². The van der Waals surface area contributed by atoms with Gasteiger partial charge in [-0.15, -0.1) is 11.3 Å². The second-order valence-corrected chi connectivity index (χ2v) is 6.90. The fourth-order valence-electron chi connectivity index (χ4n) is 2.93. The fraction of sp³-hybridized carbons (Fsp3) is 0.600. The van der Waals surface area contributed by atoms with E-state index in [0.717, 1.165) is 21.6 Å². The monoisotopic (exact) mass is 291 g/mol. The molecule has 20 heavy (non-hydrogen) atoms. The van der Waals surface area contributed by atoms with Gasteiger partial charge in [-0.25, -0.2) is 4.98 Å². The summed E-state index contributed by atoms with van der Waals surface area (Å²) in [4.78, 5) is 21.7. The number of aromatic amines is 1. The molecule has 2 aromatic heterocycles. The van der Waals surface area contributed by atoms with Gasteiger partial charge in [-0.05, 0) is 32.3 Å². The number of H-pyrrole nitrogens is 1. The van der Waals surface area contributed by atoms with E-state index < -0.39 is 0 Å². The standard InChI is InChI=1S/C15H21N3OS/c1-9-10(2)20-15-13(9)14(19)17-12(18-15)8-16-11-6-4-3-5-7-11/h11,16H,3-8H2,1-2H3,(H,17,18,19). The molecule has 3 rings (SSSR count). The van der Waals surface area contributed by atoms with Crippen molar-refractivity contribution in [3.8, 4) is 0 Å². The molecule has 2 N–H and O–H groups in total. The molecule has 0 aliphatic heterocycles. The molecule has 1 aliphatic carbocycles. The van der Waals surface area contributed by atoms with Crippen LogP contribution in [0.25, 0.3) is 10.2 Å². The highest BCUT2D eigenvalue weighted by Crippen LogP contribution is 2.25. The zero-order valence-corrected chi connectivity index (χ0v) is 12.9. The summed E-state index contributed by atoms with van der Waals surface area (Å²) in [5, 5.41) is 4.28. The molecule has 0 unspecified atom stereocenters. The van der Waals surface area contributed by atoms with Gasteiger partial charge in [-0.1, -0.05) is 19.3 Å². The number of aryl methyl sites for hydroxylation is 2. The predicted octanol–water partition coefficient (Wildman–Crippen LogP) is 3.02. The highest BCUT2D eigenvalue weighted by molar-refractivity contribution is 7.18. The van der Waals surface area contributed by atoms with Crippen molar-refractivity contribution >= 4 is 21.6 Å². The number of hydrogen-bond donors (Lipinski definition) is 2. The molecule has 0 bridgehead atoms. The molecule has 0 spiro atoms. The van der Waals surface area contributed by atoms with Gasteiger partial charge in [0.2, 0.25) is 0 Å². The zero-order valence-electron chi connectivity index (χ0n) is 12.1. The third-order valence-corrected chi connectivity index (χ3v) is 5.35. The van der Waals surface area contributed by atoms with E-state index in [-0.39, 0.29) is 5.56 Å². The van der Waals surface area contributed by atoms with E-state index in [4.69, 9.17) is 0 Å². The Labute approximate surface area is 122 Å². The Morgan fingerprint density at radius 2 is 2.05 bits per heavy atom. The van der Waals surface area contributed by atoms with Crippen LogP contribution in [-0.2, 0) is 6.54 Å². The van der Waals surface area contributed by atoms with Gasteiger partial charge in [0.05, 0.1) is 11.9 Å². The van der Waals surface area contributed by atoms with E-state index in [2.05, 4.69) is 15.3 Å². The average Bonchev–Trinajstić information content (AvgIpc) is 2.73. The lowest BCUT2D eigenvalue weighted by Gasteiger charge is -2.22. The number of hydrogen-bond acceptors (Lipinski definition) is 4. The van der Waals surface area contributed by atoms with Gasteiger partial charge in [0.15, 0.2) is 0 Å². The molecule has 0 radical (unpaired) electrons. The predicted molar refractivity (Wildman–Crippen MR) is 83.4 cm³/mol. The Balaban J connectivity index is 1.80. The Morgan fingerprint density at radius 3 is 2.80 bits per heavy atom. The van der Waals surface area contributed by atoms with Crippen LogP contribution in [0.2, 0.25) is 0 Å². The summed E-state index contributed by atoms with van der Waals surface area (Å²) in [7, 11) is 0. The Kier molecular flexibility index (Phi) is 3.89. The molecule has 108 valence electrons. The molecule has 2 aromatic rings. The number of fused-ring (bicyclic) bond motifs is 1. The van der Waals surface area contributed by atoms with E-state index in [1.54, 1.807) is 11.3 Å². The van der Waals surface area contributed by atoms with Gasteiger partial charge in [0.1, 0.15) is 10.7 Å². The highest BCUT2D eigenvalue weighted by Gasteiger charge is 2.15. The maximum atomic E-state index is 12.2. The summed E-state index contributed by atoms with van der Waals surface area (Å²) in [6.07, 6.45) is 6.45. The van der Waals surface area contributed by atoms with Crippen molar-refractivity contribution in [2.45, 2.75) is 58.5 Å². The normalized spacial score (nSPS) is 16.9. The van der Waals surface area contributed by atoms with Gasteiger partial charge >= 0.3 is 0 Å². The van der Waals surface area contributed by atoms with Crippen molar-refractivity contribution in [3.05, 3.63) is 26.6 Å². The van der Waals surface area contributed by atoms with Crippen LogP contribution in [0.1, 0.15) is 48.4 Å². The second kappa shape index (κ2) is 5.66. The van der Waals surface area contributed by atoms with Crippen LogP contribution in [0, 0.1) is 13.8 Å². The molecule has 1 aliphatic rings. The van der Waals surface area contributed by atoms with E-state index >= 15 is 0 Å². The smallest absolute Gasteiger partial charge is 0.259 e. The third-order valence-electron chi connectivity index (χ3n) is 4.25. The van der Waals surface area contributed by atoms with E-state index in [1.807, 2.05) is 13.8 Å². The minimum absolute atomic E-state index is 0.00251. The molecular weight excluding hydrogens is 270 g/mol. The molecule has 0 saturated heterocycles. The maximum absolute atomic E-state index is 12.2. The quantitative estimate of drug-likeness (QED) is 0.914. The SMILES string of the molecule is Cc1sc2nc(CNC3CCCCC3)[nH]c(=O)c2c1C. The molecule has 5 heteroatoms. The van der Waals surface area contributed by atoms with Crippen molar-refractivity contribution in [2.24, 2.45) is 0 Å². The zero-order chi connectivity index (χ0) is 14.1. The minimum Gasteiger partial charge on any atom is -0.309 e. The van der Waals surface area contributed by atoms with Gasteiger partial charge < -0.3 is 10.3 Å². The van der Waals surface area contributed by atoms with Crippen LogP contribution in [-0.4, -0.2) is 16.0 Å². The molecule has 0 aromatic carbocycles. The second-order valence-electron chi connectivity index (χ2n) is 5.69. The van der Waals surface area contributed by atoms with Crippen LogP contribution in [0.15, 0.2) is 4.79 Å². The maximum Gasteiger partial charge on any atom is 0.259 e. The number of thiophene rings is 1. The number of rotatable bonds is 3. The van der Waals surface area contributed by atoms with Crippen LogP contribution >= 0.6 is 11.3 Å². The molecule has 0 atom stereocenters. The van der Waals surface area contributed by atoms with Gasteiger partial charge in [-0.2, -0.15) is 0 Å². The van der Waals surface area contributed by atoms with Crippen LogP contribution in [0.4, 0.5) is 0 Å². The summed E-state index contributed by atoms with van der Waals surface area (Å²) >= 11 is 1.61. The molecule has 4 nitrogen and oxygen atoms in total. The van der Waals surface area contributed by atoms with E-state index in [1.165, 1.54) is 37.0 Å². The summed E-state index contributed by atoms with van der Waals surface area (Å²) in [5.74, 6) is 0.759. The van der Waals surface area contributed by atoms with Crippen molar-refractivity contribution in [1.29, 1.82) is 0 Å². The molecule has 1 saturated carbocycles. The fourth-order valence-corrected chi connectivity index (χ4v) is 3.98. The van der Waals surface area contributed by atoms with Crippen LogP contribution in [0.3, 0.4) is 0 Å². The Hall–Kier alpha value is -1.20. The van der Waals surface area contributed by atoms with Gasteiger partial charge in [0, 0.05) is 10.9 Å². The Bertz CT molecular complexity index is 668. The summed E-state index contributed by atoms with van der Waals surface area (Å²) in [6.45, 7) is 4.69. The topological polar surface area (TPSA) is 57.8 Å². The number of nitrogens with zero attached hydrogens (tertiary/aromatic N) is 1. The number of aromatic nitrogens is 2. The first-order valence-electron chi connectivity index (χ1n) is 7.37. The molecule has 2 heterocycles. The Morgan fingerprint density at radius 1 is 1.30 bits per heavy atom. The molecule has 0 amide bonds. The summed E-state index contributed by atoms with van der Waals surface area (Å²) < 4.78 is 0. The summed E-state index contributed by atoms with van der Waals surface area (Å²) in [6, 6.07) is 0.580. The largest absolute Gasteiger partial charge is 0.309 e. The first kappa shape index (κ1) is 13.8. The van der Waals surface area contributed by atoms with E-state index in [9.17, 15) is 4.79 Å². The lowest BCUT2D eigenvalue weighted by atomic mass is 9.95. The van der Waals surface area contributed by atoms with Crippen molar-refractivity contribution in [2.75, 3.05) is 0 Å². The summed E-state index contributed by atoms with van der Waals surface area (Å²) in [5.41, 5.74) is 1.06. The van der Waals surface area contributed by atoms with Crippen molar-refractivity contribution < 1.29 is 0 Å². The lowest BCUT2D eigenvalue weighted by Crippen LogP contribution is -2.31. The minimum atomic E-state index is -0.00251. The lowest BCUT2D eigenvalue weighted by molar-refractivity contribution is 0.369. The molecule has 1 fully saturated rings. The average molecular weight is 291 g/mol. The van der Waals surface area contributed by atoms with Gasteiger partial charge in [-0.3, -0.25) is 4.79 Å². The van der Waals surface area contributed by atoms with Gasteiger partial charge in [0.25, 0.3) is 5.56 Å². The van der Waals surface area contributed by atoms with Crippen LogP contribution in [0.5, 0.6) is 0 Å². The first-order chi connectivity index (χ1) is 9.65. The first-order valence-corrected chi connectivity index (χ1v) is 8.19. The van der Waals surface area contributed by atoms with Crippen molar-refractivity contribution in [1.82, 2.24) is 15.3 Å². The number of nitrogens with one attached hydrogen (secondary N) is 2. The van der Waals surface area contributed by atoms with E-state index in [0.29, 0.717) is 12.6 Å². The third kappa shape index (κ3) is 2.65.